The summed E-state index contributed by atoms with van der Waals surface area (Å²) in [5.41, 5.74) is 0.602. The van der Waals surface area contributed by atoms with Gasteiger partial charge in [-0.3, -0.25) is 0 Å². The van der Waals surface area contributed by atoms with Crippen molar-refractivity contribution in [2.24, 2.45) is 5.41 Å². The molecular weight excluding hydrogens is 208 g/mol. The normalized spacial score (nSPS) is 25.1. The molecule has 0 aromatic rings. The van der Waals surface area contributed by atoms with Crippen molar-refractivity contribution in [3.05, 3.63) is 0 Å². The number of nitrogens with zero attached hydrogens (tertiary/aromatic N) is 1. The van der Waals surface area contributed by atoms with Crippen LogP contribution in [0.1, 0.15) is 58.8 Å². The maximum absolute atomic E-state index is 3.59. The fourth-order valence-corrected chi connectivity index (χ4v) is 2.61. The Kier molecular flexibility index (Phi) is 4.87. The number of hydrogen-bond donors (Lipinski definition) is 1. The monoisotopic (exact) mass is 238 g/mol. The van der Waals surface area contributed by atoms with Gasteiger partial charge >= 0.3 is 0 Å². The zero-order valence-electron chi connectivity index (χ0n) is 11.8. The van der Waals surface area contributed by atoms with Gasteiger partial charge in [-0.05, 0) is 70.1 Å². The SMILES string of the molecule is CC1(C)CCN(CCCCCNC2CC2)CC1. The van der Waals surface area contributed by atoms with Gasteiger partial charge in [-0.2, -0.15) is 0 Å². The van der Waals surface area contributed by atoms with Crippen LogP contribution in [0.25, 0.3) is 0 Å². The van der Waals surface area contributed by atoms with Crippen LogP contribution in [0.3, 0.4) is 0 Å². The number of rotatable bonds is 7. The molecule has 2 fully saturated rings. The van der Waals surface area contributed by atoms with Gasteiger partial charge in [0, 0.05) is 6.04 Å². The Labute approximate surface area is 107 Å². The Hall–Kier alpha value is -0.0800. The van der Waals surface area contributed by atoms with Gasteiger partial charge in [-0.15, -0.1) is 0 Å². The number of unbranched alkanes of at least 4 members (excludes halogenated alkanes) is 2. The molecule has 1 saturated heterocycles. The number of nitrogens with one attached hydrogen (secondary N) is 1. The zero-order valence-corrected chi connectivity index (χ0v) is 11.8. The molecule has 1 aliphatic carbocycles. The van der Waals surface area contributed by atoms with Crippen LogP contribution in [0, 0.1) is 5.41 Å². The Morgan fingerprint density at radius 2 is 1.76 bits per heavy atom. The highest BCUT2D eigenvalue weighted by Crippen LogP contribution is 2.29. The van der Waals surface area contributed by atoms with E-state index in [0.29, 0.717) is 5.41 Å². The van der Waals surface area contributed by atoms with E-state index in [9.17, 15) is 0 Å². The minimum absolute atomic E-state index is 0.602. The van der Waals surface area contributed by atoms with Crippen LogP contribution >= 0.6 is 0 Å². The molecule has 0 aromatic carbocycles. The van der Waals surface area contributed by atoms with Crippen LogP contribution in [0.5, 0.6) is 0 Å². The van der Waals surface area contributed by atoms with E-state index in [-0.39, 0.29) is 0 Å². The van der Waals surface area contributed by atoms with E-state index in [1.54, 1.807) is 0 Å². The third-order valence-corrected chi connectivity index (χ3v) is 4.37. The fraction of sp³-hybridized carbons (Fsp3) is 1.00. The van der Waals surface area contributed by atoms with Crippen molar-refractivity contribution >= 4 is 0 Å². The molecular formula is C15H30N2. The first-order valence-corrected chi connectivity index (χ1v) is 7.61. The van der Waals surface area contributed by atoms with Gasteiger partial charge in [0.15, 0.2) is 0 Å². The Balaban J connectivity index is 1.42. The second kappa shape index (κ2) is 6.19. The summed E-state index contributed by atoms with van der Waals surface area (Å²) >= 11 is 0. The summed E-state index contributed by atoms with van der Waals surface area (Å²) in [7, 11) is 0. The van der Waals surface area contributed by atoms with Crippen molar-refractivity contribution in [1.82, 2.24) is 10.2 Å². The van der Waals surface area contributed by atoms with E-state index in [4.69, 9.17) is 0 Å². The maximum Gasteiger partial charge on any atom is 0.00682 e. The van der Waals surface area contributed by atoms with Crippen molar-refractivity contribution in [1.29, 1.82) is 0 Å². The van der Waals surface area contributed by atoms with Crippen LogP contribution < -0.4 is 5.32 Å². The molecule has 0 amide bonds. The van der Waals surface area contributed by atoms with Gasteiger partial charge in [0.1, 0.15) is 0 Å². The average Bonchev–Trinajstić information content (AvgIpc) is 3.09. The predicted octanol–water partition coefficient (Wildman–Crippen LogP) is 3.03. The highest BCUT2D eigenvalue weighted by molar-refractivity contribution is 4.80. The lowest BCUT2D eigenvalue weighted by Gasteiger charge is -2.36. The molecule has 0 aromatic heterocycles. The molecule has 1 N–H and O–H groups in total. The largest absolute Gasteiger partial charge is 0.314 e. The predicted molar refractivity (Wildman–Crippen MR) is 74.3 cm³/mol. The quantitative estimate of drug-likeness (QED) is 0.686. The topological polar surface area (TPSA) is 15.3 Å². The third-order valence-electron chi connectivity index (χ3n) is 4.37. The molecule has 0 unspecified atom stereocenters. The smallest absolute Gasteiger partial charge is 0.00682 e. The third kappa shape index (κ3) is 5.39. The molecule has 2 aliphatic rings. The van der Waals surface area contributed by atoms with Crippen LogP contribution in [0.15, 0.2) is 0 Å². The lowest BCUT2D eigenvalue weighted by molar-refractivity contribution is 0.131. The number of likely N-dealkylation sites (tertiary alicyclic amines) is 1. The van der Waals surface area contributed by atoms with E-state index in [1.807, 2.05) is 0 Å². The van der Waals surface area contributed by atoms with Crippen molar-refractivity contribution in [3.63, 3.8) is 0 Å². The highest BCUT2D eigenvalue weighted by atomic mass is 15.1. The molecule has 0 spiro atoms. The molecule has 100 valence electrons. The van der Waals surface area contributed by atoms with Crippen LogP contribution in [-0.2, 0) is 0 Å². The van der Waals surface area contributed by atoms with Gasteiger partial charge < -0.3 is 10.2 Å². The molecule has 2 nitrogen and oxygen atoms in total. The van der Waals surface area contributed by atoms with Crippen LogP contribution in [0.4, 0.5) is 0 Å². The molecule has 17 heavy (non-hydrogen) atoms. The van der Waals surface area contributed by atoms with Crippen LogP contribution in [-0.4, -0.2) is 37.1 Å². The molecule has 1 aliphatic heterocycles. The van der Waals surface area contributed by atoms with Crippen molar-refractivity contribution in [2.75, 3.05) is 26.2 Å². The summed E-state index contributed by atoms with van der Waals surface area (Å²) in [6.45, 7) is 10.1. The van der Waals surface area contributed by atoms with Gasteiger partial charge in [-0.25, -0.2) is 0 Å². The van der Waals surface area contributed by atoms with Crippen molar-refractivity contribution in [2.45, 2.75) is 64.8 Å². The summed E-state index contributed by atoms with van der Waals surface area (Å²) < 4.78 is 0. The molecule has 0 atom stereocenters. The van der Waals surface area contributed by atoms with Crippen molar-refractivity contribution in [3.8, 4) is 0 Å². The van der Waals surface area contributed by atoms with E-state index in [1.165, 1.54) is 71.1 Å². The fourth-order valence-electron chi connectivity index (χ4n) is 2.61. The lowest BCUT2D eigenvalue weighted by atomic mass is 9.82. The standard InChI is InChI=1S/C15H30N2/c1-15(2)8-12-17(13-9-15)11-5-3-4-10-16-14-6-7-14/h14,16H,3-13H2,1-2H3. The maximum atomic E-state index is 3.59. The van der Waals surface area contributed by atoms with E-state index in [0.717, 1.165) is 6.04 Å². The summed E-state index contributed by atoms with van der Waals surface area (Å²) in [5.74, 6) is 0. The Bertz CT molecular complexity index is 211. The first kappa shape index (κ1) is 13.4. The Morgan fingerprint density at radius 1 is 1.06 bits per heavy atom. The van der Waals surface area contributed by atoms with Gasteiger partial charge in [0.25, 0.3) is 0 Å². The molecule has 2 rings (SSSR count). The zero-order chi connectivity index (χ0) is 12.1. The molecule has 2 heteroatoms. The minimum Gasteiger partial charge on any atom is -0.314 e. The summed E-state index contributed by atoms with van der Waals surface area (Å²) in [4.78, 5) is 2.67. The molecule has 1 saturated carbocycles. The molecule has 0 radical (unpaired) electrons. The lowest BCUT2D eigenvalue weighted by Crippen LogP contribution is -2.37. The second-order valence-electron chi connectivity index (χ2n) is 6.79. The minimum atomic E-state index is 0.602. The Morgan fingerprint density at radius 3 is 2.41 bits per heavy atom. The highest BCUT2D eigenvalue weighted by Gasteiger charge is 2.24. The summed E-state index contributed by atoms with van der Waals surface area (Å²) in [6, 6.07) is 0.888. The number of piperidine rings is 1. The second-order valence-corrected chi connectivity index (χ2v) is 6.79. The molecule has 0 bridgehead atoms. The summed E-state index contributed by atoms with van der Waals surface area (Å²) in [6.07, 6.45) is 9.78. The first-order chi connectivity index (χ1) is 8.16. The van der Waals surface area contributed by atoms with Gasteiger partial charge in [0.2, 0.25) is 0 Å². The number of hydrogen-bond acceptors (Lipinski definition) is 2. The van der Waals surface area contributed by atoms with Crippen LogP contribution in [0.2, 0.25) is 0 Å². The van der Waals surface area contributed by atoms with E-state index < -0.39 is 0 Å². The average molecular weight is 238 g/mol. The van der Waals surface area contributed by atoms with Crippen molar-refractivity contribution < 1.29 is 0 Å². The molecule has 1 heterocycles. The first-order valence-electron chi connectivity index (χ1n) is 7.61. The summed E-state index contributed by atoms with van der Waals surface area (Å²) in [5, 5.41) is 3.59. The van der Waals surface area contributed by atoms with Gasteiger partial charge in [-0.1, -0.05) is 20.3 Å². The van der Waals surface area contributed by atoms with Gasteiger partial charge in [0.05, 0.1) is 0 Å². The van der Waals surface area contributed by atoms with E-state index in [2.05, 4.69) is 24.1 Å². The van der Waals surface area contributed by atoms with E-state index >= 15 is 0 Å².